The molecule has 1 saturated carbocycles. The zero-order valence-electron chi connectivity index (χ0n) is 11.7. The molecule has 1 atom stereocenters. The first-order valence-corrected chi connectivity index (χ1v) is 8.28. The lowest BCUT2D eigenvalue weighted by Crippen LogP contribution is -2.29. The first-order valence-electron chi connectivity index (χ1n) is 7.20. The van der Waals surface area contributed by atoms with Crippen LogP contribution in [0.15, 0.2) is 42.5 Å². The van der Waals surface area contributed by atoms with Gasteiger partial charge < -0.3 is 0 Å². The molecule has 1 unspecified atom stereocenters. The van der Waals surface area contributed by atoms with Gasteiger partial charge in [0.05, 0.1) is 6.04 Å². The van der Waals surface area contributed by atoms with Crippen molar-refractivity contribution in [2.24, 2.45) is 5.84 Å². The number of hydrazine groups is 1. The molecule has 110 valence electrons. The van der Waals surface area contributed by atoms with E-state index >= 15 is 0 Å². The SMILES string of the molecule is NNC(c1cccc(C2CCC2)c1)c1ccc(F)cc1I. The number of benzene rings is 2. The maximum absolute atomic E-state index is 13.3. The summed E-state index contributed by atoms with van der Waals surface area (Å²) >= 11 is 2.16. The van der Waals surface area contributed by atoms with Gasteiger partial charge >= 0.3 is 0 Å². The summed E-state index contributed by atoms with van der Waals surface area (Å²) in [6.07, 6.45) is 3.87. The van der Waals surface area contributed by atoms with Crippen molar-refractivity contribution >= 4 is 22.6 Å². The van der Waals surface area contributed by atoms with E-state index in [1.54, 1.807) is 6.07 Å². The molecular formula is C17H18FIN2. The lowest BCUT2D eigenvalue weighted by atomic mass is 9.79. The van der Waals surface area contributed by atoms with Crippen molar-refractivity contribution < 1.29 is 4.39 Å². The Morgan fingerprint density at radius 2 is 2.00 bits per heavy atom. The van der Waals surface area contributed by atoms with Gasteiger partial charge in [0, 0.05) is 3.57 Å². The third-order valence-corrected chi connectivity index (χ3v) is 5.19. The second-order valence-corrected chi connectivity index (χ2v) is 6.73. The smallest absolute Gasteiger partial charge is 0.124 e. The van der Waals surface area contributed by atoms with Crippen molar-refractivity contribution in [3.8, 4) is 0 Å². The summed E-state index contributed by atoms with van der Waals surface area (Å²) in [6, 6.07) is 13.3. The lowest BCUT2D eigenvalue weighted by molar-refractivity contribution is 0.419. The van der Waals surface area contributed by atoms with Crippen LogP contribution >= 0.6 is 22.6 Å². The van der Waals surface area contributed by atoms with Gasteiger partial charge in [-0.25, -0.2) is 9.82 Å². The van der Waals surface area contributed by atoms with Crippen LogP contribution in [0.4, 0.5) is 4.39 Å². The van der Waals surface area contributed by atoms with Gasteiger partial charge in [0.25, 0.3) is 0 Å². The molecule has 21 heavy (non-hydrogen) atoms. The molecular weight excluding hydrogens is 378 g/mol. The van der Waals surface area contributed by atoms with Crippen LogP contribution in [0, 0.1) is 9.39 Å². The maximum atomic E-state index is 13.3. The summed E-state index contributed by atoms with van der Waals surface area (Å²) in [4.78, 5) is 0. The minimum Gasteiger partial charge on any atom is -0.271 e. The Hall–Kier alpha value is -0.980. The molecule has 2 aromatic rings. The number of nitrogens with two attached hydrogens (primary N) is 1. The van der Waals surface area contributed by atoms with Crippen LogP contribution in [-0.2, 0) is 0 Å². The van der Waals surface area contributed by atoms with Crippen LogP contribution in [0.5, 0.6) is 0 Å². The number of hydrogen-bond acceptors (Lipinski definition) is 2. The molecule has 0 radical (unpaired) electrons. The third kappa shape index (κ3) is 3.12. The molecule has 0 aliphatic heterocycles. The number of rotatable bonds is 4. The summed E-state index contributed by atoms with van der Waals surface area (Å²) in [5.41, 5.74) is 6.39. The second kappa shape index (κ2) is 6.42. The van der Waals surface area contributed by atoms with E-state index in [4.69, 9.17) is 5.84 Å². The lowest BCUT2D eigenvalue weighted by Gasteiger charge is -2.27. The van der Waals surface area contributed by atoms with E-state index in [9.17, 15) is 4.39 Å². The van der Waals surface area contributed by atoms with E-state index in [0.717, 1.165) is 14.7 Å². The summed E-state index contributed by atoms with van der Waals surface area (Å²) in [5.74, 6) is 6.24. The predicted molar refractivity (Wildman–Crippen MR) is 91.3 cm³/mol. The topological polar surface area (TPSA) is 38.0 Å². The Morgan fingerprint density at radius 1 is 1.19 bits per heavy atom. The predicted octanol–water partition coefficient (Wildman–Crippen LogP) is 4.25. The highest BCUT2D eigenvalue weighted by atomic mass is 127. The average Bonchev–Trinajstić information content (AvgIpc) is 2.40. The van der Waals surface area contributed by atoms with Crippen LogP contribution < -0.4 is 11.3 Å². The van der Waals surface area contributed by atoms with E-state index < -0.39 is 0 Å². The molecule has 0 heterocycles. The van der Waals surface area contributed by atoms with Crippen LogP contribution in [0.2, 0.25) is 0 Å². The van der Waals surface area contributed by atoms with Crippen molar-refractivity contribution in [3.05, 3.63) is 68.5 Å². The van der Waals surface area contributed by atoms with Gasteiger partial charge in [-0.3, -0.25) is 5.84 Å². The summed E-state index contributed by atoms with van der Waals surface area (Å²) < 4.78 is 14.2. The fraction of sp³-hybridized carbons (Fsp3) is 0.294. The van der Waals surface area contributed by atoms with Gasteiger partial charge in [-0.05, 0) is 70.2 Å². The Balaban J connectivity index is 1.95. The molecule has 0 saturated heterocycles. The standard InChI is InChI=1S/C17H18FIN2/c18-14-7-8-15(16(19)10-14)17(21-20)13-6-2-5-12(9-13)11-3-1-4-11/h2,5-11,17,21H,1,3-4,20H2. The van der Waals surface area contributed by atoms with Crippen LogP contribution in [0.25, 0.3) is 0 Å². The molecule has 0 amide bonds. The molecule has 4 heteroatoms. The molecule has 3 N–H and O–H groups in total. The van der Waals surface area contributed by atoms with Crippen molar-refractivity contribution in [1.82, 2.24) is 5.43 Å². The Bertz CT molecular complexity index is 640. The molecule has 2 nitrogen and oxygen atoms in total. The van der Waals surface area contributed by atoms with E-state index in [1.165, 1.54) is 37.0 Å². The fourth-order valence-electron chi connectivity index (χ4n) is 2.84. The zero-order chi connectivity index (χ0) is 14.8. The van der Waals surface area contributed by atoms with Gasteiger partial charge in [0.15, 0.2) is 0 Å². The van der Waals surface area contributed by atoms with Crippen LogP contribution in [0.1, 0.15) is 47.9 Å². The van der Waals surface area contributed by atoms with E-state index in [-0.39, 0.29) is 11.9 Å². The van der Waals surface area contributed by atoms with Crippen molar-refractivity contribution in [2.75, 3.05) is 0 Å². The molecule has 3 rings (SSSR count). The van der Waals surface area contributed by atoms with E-state index in [1.807, 2.05) is 0 Å². The van der Waals surface area contributed by atoms with Gasteiger partial charge in [0.1, 0.15) is 5.82 Å². The third-order valence-electron chi connectivity index (χ3n) is 4.26. The quantitative estimate of drug-likeness (QED) is 0.461. The van der Waals surface area contributed by atoms with Gasteiger partial charge in [0.2, 0.25) is 0 Å². The number of halogens is 2. The summed E-state index contributed by atoms with van der Waals surface area (Å²) in [5, 5.41) is 0. The molecule has 1 fully saturated rings. The molecule has 0 aromatic heterocycles. The molecule has 0 spiro atoms. The summed E-state index contributed by atoms with van der Waals surface area (Å²) in [7, 11) is 0. The fourth-order valence-corrected chi connectivity index (χ4v) is 3.62. The minimum absolute atomic E-state index is 0.113. The van der Waals surface area contributed by atoms with Gasteiger partial charge in [-0.1, -0.05) is 36.8 Å². The molecule has 1 aliphatic rings. The Morgan fingerprint density at radius 3 is 2.62 bits per heavy atom. The largest absolute Gasteiger partial charge is 0.271 e. The Kier molecular flexibility index (Phi) is 4.57. The molecule has 1 aliphatic carbocycles. The monoisotopic (exact) mass is 396 g/mol. The summed E-state index contributed by atoms with van der Waals surface area (Å²) in [6.45, 7) is 0. The van der Waals surface area contributed by atoms with Crippen molar-refractivity contribution in [2.45, 2.75) is 31.2 Å². The molecule has 2 aromatic carbocycles. The highest BCUT2D eigenvalue weighted by molar-refractivity contribution is 14.1. The molecule has 0 bridgehead atoms. The highest BCUT2D eigenvalue weighted by Gasteiger charge is 2.21. The van der Waals surface area contributed by atoms with Crippen LogP contribution in [0.3, 0.4) is 0 Å². The highest BCUT2D eigenvalue weighted by Crippen LogP contribution is 2.37. The van der Waals surface area contributed by atoms with Crippen LogP contribution in [-0.4, -0.2) is 0 Å². The zero-order valence-corrected chi connectivity index (χ0v) is 13.8. The second-order valence-electron chi connectivity index (χ2n) is 5.56. The van der Waals surface area contributed by atoms with Crippen molar-refractivity contribution in [3.63, 3.8) is 0 Å². The normalized spacial score (nSPS) is 16.5. The van der Waals surface area contributed by atoms with Crippen molar-refractivity contribution in [1.29, 1.82) is 0 Å². The minimum atomic E-state index is -0.220. The van der Waals surface area contributed by atoms with Gasteiger partial charge in [-0.2, -0.15) is 0 Å². The van der Waals surface area contributed by atoms with E-state index in [0.29, 0.717) is 5.92 Å². The Labute approximate surface area is 138 Å². The number of hydrogen-bond donors (Lipinski definition) is 2. The number of nitrogens with one attached hydrogen (secondary N) is 1. The average molecular weight is 396 g/mol. The maximum Gasteiger partial charge on any atom is 0.124 e. The van der Waals surface area contributed by atoms with E-state index in [2.05, 4.69) is 52.3 Å². The first kappa shape index (κ1) is 14.9. The van der Waals surface area contributed by atoms with Gasteiger partial charge in [-0.15, -0.1) is 0 Å². The first-order chi connectivity index (χ1) is 10.2.